The molecule has 0 bridgehead atoms. The molecule has 1 fully saturated rings. The summed E-state index contributed by atoms with van der Waals surface area (Å²) in [7, 11) is -3.49. The summed E-state index contributed by atoms with van der Waals surface area (Å²) in [5.41, 5.74) is 0.725. The lowest BCUT2D eigenvalue weighted by Crippen LogP contribution is -2.48. The maximum atomic E-state index is 13.3. The van der Waals surface area contributed by atoms with Gasteiger partial charge in [-0.15, -0.1) is 0 Å². The highest BCUT2D eigenvalue weighted by molar-refractivity contribution is 14.1. The van der Waals surface area contributed by atoms with Gasteiger partial charge in [0, 0.05) is 14.6 Å². The van der Waals surface area contributed by atoms with Crippen molar-refractivity contribution in [3.05, 3.63) is 37.9 Å². The molecule has 3 nitrogen and oxygen atoms in total. The summed E-state index contributed by atoms with van der Waals surface area (Å²) in [5.74, 6) is 0. The van der Waals surface area contributed by atoms with Crippen LogP contribution < -0.4 is 0 Å². The number of halogens is 2. The van der Waals surface area contributed by atoms with Gasteiger partial charge < -0.3 is 0 Å². The van der Waals surface area contributed by atoms with Gasteiger partial charge in [0.15, 0.2) is 0 Å². The molecule has 126 valence electrons. The van der Waals surface area contributed by atoms with Crippen LogP contribution in [0.25, 0.3) is 0 Å². The van der Waals surface area contributed by atoms with E-state index in [0.717, 1.165) is 35.7 Å². The molecule has 2 aliphatic rings. The Morgan fingerprint density at radius 2 is 1.65 bits per heavy atom. The minimum absolute atomic E-state index is 0.348. The second-order valence-corrected chi connectivity index (χ2v) is 10.4. The van der Waals surface area contributed by atoms with Gasteiger partial charge in [-0.25, -0.2) is 8.42 Å². The molecule has 6 heteroatoms. The van der Waals surface area contributed by atoms with E-state index in [1.54, 1.807) is 16.4 Å². The Bertz CT molecular complexity index is 719. The molecule has 0 radical (unpaired) electrons. The molecule has 1 aromatic carbocycles. The molecule has 0 unspecified atom stereocenters. The molecule has 1 aromatic rings. The minimum Gasteiger partial charge on any atom is -0.207 e. The second-order valence-electron chi connectivity index (χ2n) is 6.49. The molecule has 1 aliphatic carbocycles. The highest BCUT2D eigenvalue weighted by Crippen LogP contribution is 2.50. The van der Waals surface area contributed by atoms with E-state index in [1.165, 1.54) is 16.4 Å². The molecular weight excluding hydrogens is 489 g/mol. The number of nitrogens with zero attached hydrogens (tertiary/aromatic N) is 1. The molecule has 3 rings (SSSR count). The zero-order chi connectivity index (χ0) is 16.7. The Morgan fingerprint density at radius 1 is 1.09 bits per heavy atom. The maximum absolute atomic E-state index is 13.3. The molecule has 1 saturated carbocycles. The predicted octanol–water partition coefficient (Wildman–Crippen LogP) is 5.13. The Labute approximate surface area is 160 Å². The summed E-state index contributed by atoms with van der Waals surface area (Å²) in [6.07, 6.45) is 6.42. The molecule has 0 aromatic heterocycles. The summed E-state index contributed by atoms with van der Waals surface area (Å²) in [4.78, 5) is 0.401. The third-order valence-corrected chi connectivity index (χ3v) is 9.92. The van der Waals surface area contributed by atoms with Crippen LogP contribution in [0.1, 0.15) is 44.1 Å². The van der Waals surface area contributed by atoms with Crippen molar-refractivity contribution in [3.63, 3.8) is 0 Å². The fourth-order valence-corrected chi connectivity index (χ4v) is 7.36. The van der Waals surface area contributed by atoms with Crippen LogP contribution >= 0.6 is 38.5 Å². The SMILES string of the molecule is Cc1ccc(S(=O)(=O)N2CC(Br)=C(I)C23CCCCCC3)cc1. The number of benzene rings is 1. The van der Waals surface area contributed by atoms with Gasteiger partial charge in [0.2, 0.25) is 10.0 Å². The normalized spacial score (nSPS) is 22.6. The lowest BCUT2D eigenvalue weighted by molar-refractivity contribution is 0.246. The molecule has 0 atom stereocenters. The molecule has 23 heavy (non-hydrogen) atoms. The third-order valence-electron chi connectivity index (χ3n) is 4.95. The Hall–Kier alpha value is 0.0800. The summed E-state index contributed by atoms with van der Waals surface area (Å²) in [6.45, 7) is 2.43. The molecule has 1 spiro atoms. The van der Waals surface area contributed by atoms with Crippen LogP contribution in [0.2, 0.25) is 0 Å². The van der Waals surface area contributed by atoms with Crippen LogP contribution in [0.3, 0.4) is 0 Å². The number of aryl methyl sites for hydroxylation is 1. The van der Waals surface area contributed by atoms with Gasteiger partial charge in [0.05, 0.1) is 10.4 Å². The number of sulfonamides is 1. The minimum atomic E-state index is -3.49. The molecule has 0 saturated heterocycles. The zero-order valence-electron chi connectivity index (χ0n) is 13.2. The first kappa shape index (κ1) is 17.9. The van der Waals surface area contributed by atoms with Gasteiger partial charge in [0.25, 0.3) is 0 Å². The fraction of sp³-hybridized carbons (Fsp3) is 0.529. The number of rotatable bonds is 2. The molecule has 0 N–H and O–H groups in total. The van der Waals surface area contributed by atoms with Crippen molar-refractivity contribution >= 4 is 48.5 Å². The largest absolute Gasteiger partial charge is 0.244 e. The first-order valence-corrected chi connectivity index (χ1v) is 11.3. The predicted molar refractivity (Wildman–Crippen MR) is 105 cm³/mol. The van der Waals surface area contributed by atoms with Gasteiger partial charge >= 0.3 is 0 Å². The standard InChI is InChI=1S/C17H21BrINO2S/c1-13-6-8-14(9-7-13)23(21,22)20-12-15(18)16(19)17(20)10-4-2-3-5-11-17/h6-9H,2-5,10-12H2,1H3. The highest BCUT2D eigenvalue weighted by Gasteiger charge is 2.50. The first-order valence-electron chi connectivity index (χ1n) is 8.02. The quantitative estimate of drug-likeness (QED) is 0.518. The summed E-state index contributed by atoms with van der Waals surface area (Å²) < 4.78 is 30.5. The van der Waals surface area contributed by atoms with Gasteiger partial charge in [-0.3, -0.25) is 0 Å². The fourth-order valence-electron chi connectivity index (χ4n) is 3.64. The summed E-state index contributed by atoms with van der Waals surface area (Å²) in [6, 6.07) is 7.20. The van der Waals surface area contributed by atoms with Gasteiger partial charge in [-0.2, -0.15) is 4.31 Å². The average Bonchev–Trinajstić information content (AvgIpc) is 2.71. The monoisotopic (exact) mass is 509 g/mol. The molecule has 1 heterocycles. The molecule has 0 amide bonds. The Balaban J connectivity index is 2.05. The lowest BCUT2D eigenvalue weighted by Gasteiger charge is -2.38. The Kier molecular flexibility index (Phi) is 5.26. The Morgan fingerprint density at radius 3 is 2.22 bits per heavy atom. The van der Waals surface area contributed by atoms with Crippen LogP contribution in [-0.4, -0.2) is 24.8 Å². The summed E-state index contributed by atoms with van der Waals surface area (Å²) >= 11 is 5.98. The average molecular weight is 510 g/mol. The van der Waals surface area contributed by atoms with E-state index in [0.29, 0.717) is 11.4 Å². The van der Waals surface area contributed by atoms with E-state index in [2.05, 4.69) is 38.5 Å². The molecular formula is C17H21BrINO2S. The number of hydrogen-bond acceptors (Lipinski definition) is 2. The maximum Gasteiger partial charge on any atom is 0.244 e. The van der Waals surface area contributed by atoms with E-state index in [-0.39, 0.29) is 5.54 Å². The first-order chi connectivity index (χ1) is 10.9. The third kappa shape index (κ3) is 3.16. The smallest absolute Gasteiger partial charge is 0.207 e. The van der Waals surface area contributed by atoms with Gasteiger partial charge in [-0.05, 0) is 54.5 Å². The van der Waals surface area contributed by atoms with Crippen LogP contribution in [-0.2, 0) is 10.0 Å². The van der Waals surface area contributed by atoms with Crippen LogP contribution in [0.4, 0.5) is 0 Å². The van der Waals surface area contributed by atoms with Crippen molar-refractivity contribution in [2.45, 2.75) is 55.9 Å². The lowest BCUT2D eigenvalue weighted by atomic mass is 9.92. The number of hydrogen-bond donors (Lipinski definition) is 0. The van der Waals surface area contributed by atoms with Crippen LogP contribution in [0.5, 0.6) is 0 Å². The van der Waals surface area contributed by atoms with Crippen LogP contribution in [0.15, 0.2) is 37.2 Å². The van der Waals surface area contributed by atoms with Crippen molar-refractivity contribution in [2.24, 2.45) is 0 Å². The van der Waals surface area contributed by atoms with E-state index in [9.17, 15) is 8.42 Å². The van der Waals surface area contributed by atoms with E-state index in [4.69, 9.17) is 0 Å². The van der Waals surface area contributed by atoms with Crippen LogP contribution in [0, 0.1) is 6.92 Å². The van der Waals surface area contributed by atoms with E-state index in [1.807, 2.05) is 19.1 Å². The zero-order valence-corrected chi connectivity index (χ0v) is 17.7. The van der Waals surface area contributed by atoms with Gasteiger partial charge in [0.1, 0.15) is 0 Å². The van der Waals surface area contributed by atoms with Crippen molar-refractivity contribution < 1.29 is 8.42 Å². The highest BCUT2D eigenvalue weighted by atomic mass is 127. The van der Waals surface area contributed by atoms with E-state index < -0.39 is 10.0 Å². The summed E-state index contributed by atoms with van der Waals surface area (Å²) in [5, 5.41) is 0. The van der Waals surface area contributed by atoms with Crippen molar-refractivity contribution in [2.75, 3.05) is 6.54 Å². The van der Waals surface area contributed by atoms with E-state index >= 15 is 0 Å². The van der Waals surface area contributed by atoms with Crippen molar-refractivity contribution in [1.29, 1.82) is 0 Å². The van der Waals surface area contributed by atoms with Crippen molar-refractivity contribution in [1.82, 2.24) is 4.31 Å². The second kappa shape index (κ2) is 6.77. The molecule has 1 aliphatic heterocycles. The topological polar surface area (TPSA) is 37.4 Å². The van der Waals surface area contributed by atoms with Crippen molar-refractivity contribution in [3.8, 4) is 0 Å². The van der Waals surface area contributed by atoms with Gasteiger partial charge in [-0.1, -0.05) is 59.3 Å².